The lowest BCUT2D eigenvalue weighted by atomic mass is 9.96. The summed E-state index contributed by atoms with van der Waals surface area (Å²) in [6.07, 6.45) is -2.10. The summed E-state index contributed by atoms with van der Waals surface area (Å²) in [6, 6.07) is 7.29. The Kier molecular flexibility index (Phi) is 7.11. The molecule has 34 heavy (non-hydrogen) atoms. The van der Waals surface area contributed by atoms with Crippen molar-refractivity contribution in [2.24, 2.45) is 17.8 Å². The Morgan fingerprint density at radius 3 is 2.74 bits per heavy atom. The maximum Gasteiger partial charge on any atom is 0.573 e. The van der Waals surface area contributed by atoms with Gasteiger partial charge in [-0.15, -0.1) is 13.2 Å². The number of aromatic nitrogens is 2. The summed E-state index contributed by atoms with van der Waals surface area (Å²) >= 11 is 0. The molecule has 0 unspecified atom stereocenters. The number of halogens is 3. The van der Waals surface area contributed by atoms with Crippen molar-refractivity contribution in [3.05, 3.63) is 30.3 Å². The maximum absolute atomic E-state index is 12.7. The second-order valence-corrected chi connectivity index (χ2v) is 8.69. The second kappa shape index (κ2) is 10.0. The molecule has 1 aromatic carbocycles. The van der Waals surface area contributed by atoms with Crippen LogP contribution >= 0.6 is 0 Å². The van der Waals surface area contributed by atoms with Gasteiger partial charge in [0, 0.05) is 43.9 Å². The van der Waals surface area contributed by atoms with Gasteiger partial charge < -0.3 is 20.1 Å². The normalized spacial score (nSPS) is 21.4. The quantitative estimate of drug-likeness (QED) is 0.632. The molecule has 184 valence electrons. The minimum atomic E-state index is -4.80. The van der Waals surface area contributed by atoms with Crippen LogP contribution in [-0.4, -0.2) is 47.7 Å². The van der Waals surface area contributed by atoms with Crippen molar-refractivity contribution >= 4 is 17.6 Å². The van der Waals surface area contributed by atoms with Crippen molar-refractivity contribution in [1.29, 1.82) is 0 Å². The first-order chi connectivity index (χ1) is 16.2. The Morgan fingerprint density at radius 2 is 2.06 bits per heavy atom. The molecular weight excluding hydrogens is 453 g/mol. The number of nitrogens with zero attached hydrogens (tertiary/aromatic N) is 2. The van der Waals surface area contributed by atoms with Crippen LogP contribution in [0.2, 0.25) is 0 Å². The standard InChI is InChI=1S/C23H27F3N4O4/c1-14-18(13-27-21(14)31)22(32)28-20-12-19(16-3-2-4-17(11-16)34-23(24,25)26)30(29-20)8-5-15-6-9-33-10-7-15/h2-4,11-12,14-15,18H,5-10,13H2,1H3,(H,27,31)(H,28,29,32)/t14-,18+/m1/s1. The molecule has 3 heterocycles. The van der Waals surface area contributed by atoms with E-state index >= 15 is 0 Å². The first-order valence-electron chi connectivity index (χ1n) is 11.3. The largest absolute Gasteiger partial charge is 0.573 e. The summed E-state index contributed by atoms with van der Waals surface area (Å²) in [5, 5.41) is 9.95. The lowest BCUT2D eigenvalue weighted by Crippen LogP contribution is -2.28. The van der Waals surface area contributed by atoms with Crippen LogP contribution in [0.3, 0.4) is 0 Å². The second-order valence-electron chi connectivity index (χ2n) is 8.69. The van der Waals surface area contributed by atoms with Gasteiger partial charge in [0.05, 0.1) is 11.6 Å². The van der Waals surface area contributed by atoms with Gasteiger partial charge in [-0.3, -0.25) is 14.3 Å². The summed E-state index contributed by atoms with van der Waals surface area (Å²) in [7, 11) is 0. The molecule has 2 N–H and O–H groups in total. The van der Waals surface area contributed by atoms with Crippen molar-refractivity contribution in [3.63, 3.8) is 0 Å². The van der Waals surface area contributed by atoms with E-state index in [0.29, 0.717) is 36.9 Å². The topological polar surface area (TPSA) is 94.5 Å². The Hall–Kier alpha value is -3.08. The molecule has 0 bridgehead atoms. The van der Waals surface area contributed by atoms with Crippen LogP contribution in [0.1, 0.15) is 26.2 Å². The van der Waals surface area contributed by atoms with Crippen LogP contribution in [-0.2, 0) is 20.9 Å². The van der Waals surface area contributed by atoms with Gasteiger partial charge in [-0.2, -0.15) is 5.10 Å². The van der Waals surface area contributed by atoms with E-state index in [1.807, 2.05) is 0 Å². The molecule has 2 aliphatic heterocycles. The molecule has 2 aliphatic rings. The number of benzene rings is 1. The molecule has 11 heteroatoms. The first kappa shape index (κ1) is 24.1. The smallest absolute Gasteiger partial charge is 0.406 e. The van der Waals surface area contributed by atoms with Gasteiger partial charge in [0.25, 0.3) is 0 Å². The lowest BCUT2D eigenvalue weighted by molar-refractivity contribution is -0.274. The number of hydrogen-bond acceptors (Lipinski definition) is 5. The zero-order valence-electron chi connectivity index (χ0n) is 18.7. The summed E-state index contributed by atoms with van der Waals surface area (Å²) in [5.41, 5.74) is 1.04. The number of rotatable bonds is 7. The molecule has 0 saturated carbocycles. The van der Waals surface area contributed by atoms with Gasteiger partial charge in [-0.25, -0.2) is 0 Å². The van der Waals surface area contributed by atoms with Crippen LogP contribution in [0.4, 0.5) is 19.0 Å². The molecule has 0 aliphatic carbocycles. The molecule has 4 rings (SSSR count). The van der Waals surface area contributed by atoms with Crippen LogP contribution in [0.5, 0.6) is 5.75 Å². The Bertz CT molecular complexity index is 1030. The Morgan fingerprint density at radius 1 is 1.29 bits per heavy atom. The number of alkyl halides is 3. The van der Waals surface area contributed by atoms with Crippen molar-refractivity contribution < 1.29 is 32.2 Å². The summed E-state index contributed by atoms with van der Waals surface area (Å²) < 4.78 is 49.3. The molecule has 0 spiro atoms. The SMILES string of the molecule is C[C@H]1C(=O)NC[C@@H]1C(=O)Nc1cc(-c2cccc(OC(F)(F)F)c2)n(CCC2CCOCC2)n1. The zero-order valence-corrected chi connectivity index (χ0v) is 18.7. The van der Waals surface area contributed by atoms with Crippen molar-refractivity contribution in [2.45, 2.75) is 39.1 Å². The number of amides is 2. The van der Waals surface area contributed by atoms with E-state index < -0.39 is 18.2 Å². The van der Waals surface area contributed by atoms with Gasteiger partial charge in [-0.1, -0.05) is 19.1 Å². The Balaban J connectivity index is 1.57. The van der Waals surface area contributed by atoms with E-state index in [0.717, 1.165) is 19.3 Å². The monoisotopic (exact) mass is 480 g/mol. The average molecular weight is 480 g/mol. The van der Waals surface area contributed by atoms with E-state index in [1.54, 1.807) is 23.7 Å². The summed E-state index contributed by atoms with van der Waals surface area (Å²) in [6.45, 7) is 3.89. The van der Waals surface area contributed by atoms with Crippen LogP contribution in [0.15, 0.2) is 30.3 Å². The lowest BCUT2D eigenvalue weighted by Gasteiger charge is -2.22. The van der Waals surface area contributed by atoms with Crippen LogP contribution in [0.25, 0.3) is 11.3 Å². The number of nitrogens with one attached hydrogen (secondary N) is 2. The third kappa shape index (κ3) is 5.88. The minimum absolute atomic E-state index is 0.177. The summed E-state index contributed by atoms with van der Waals surface area (Å²) in [5.74, 6) is -1.08. The van der Waals surface area contributed by atoms with Crippen molar-refractivity contribution in [3.8, 4) is 17.0 Å². The predicted molar refractivity (Wildman–Crippen MR) is 117 cm³/mol. The van der Waals surface area contributed by atoms with Crippen LogP contribution < -0.4 is 15.4 Å². The fourth-order valence-electron chi connectivity index (χ4n) is 4.34. The maximum atomic E-state index is 12.7. The molecule has 2 atom stereocenters. The molecule has 2 amide bonds. The van der Waals surface area contributed by atoms with E-state index in [1.165, 1.54) is 18.2 Å². The molecule has 0 radical (unpaired) electrons. The van der Waals surface area contributed by atoms with Gasteiger partial charge in [0.1, 0.15) is 5.75 Å². The van der Waals surface area contributed by atoms with Gasteiger partial charge >= 0.3 is 6.36 Å². The van der Waals surface area contributed by atoms with Gasteiger partial charge in [-0.05, 0) is 37.3 Å². The van der Waals surface area contributed by atoms with E-state index in [2.05, 4.69) is 20.5 Å². The van der Waals surface area contributed by atoms with E-state index in [9.17, 15) is 22.8 Å². The van der Waals surface area contributed by atoms with Crippen molar-refractivity contribution in [2.75, 3.05) is 25.1 Å². The highest BCUT2D eigenvalue weighted by Crippen LogP contribution is 2.31. The van der Waals surface area contributed by atoms with Crippen LogP contribution in [0, 0.1) is 17.8 Å². The van der Waals surface area contributed by atoms with Crippen molar-refractivity contribution in [1.82, 2.24) is 15.1 Å². The molecular formula is C23H27F3N4O4. The molecule has 1 aromatic heterocycles. The molecule has 2 aromatic rings. The fraction of sp³-hybridized carbons (Fsp3) is 0.522. The fourth-order valence-corrected chi connectivity index (χ4v) is 4.34. The predicted octanol–water partition coefficient (Wildman–Crippen LogP) is 3.59. The third-order valence-electron chi connectivity index (χ3n) is 6.33. The Labute approximate surface area is 194 Å². The first-order valence-corrected chi connectivity index (χ1v) is 11.3. The highest BCUT2D eigenvalue weighted by atomic mass is 19.4. The molecule has 2 saturated heterocycles. The number of carbonyl (C=O) groups is 2. The number of carbonyl (C=O) groups excluding carboxylic acids is 2. The van der Waals surface area contributed by atoms with E-state index in [-0.39, 0.29) is 29.9 Å². The van der Waals surface area contributed by atoms with E-state index in [4.69, 9.17) is 4.74 Å². The number of anilines is 1. The van der Waals surface area contributed by atoms with Gasteiger partial charge in [0.15, 0.2) is 5.82 Å². The number of ether oxygens (including phenoxy) is 2. The molecule has 2 fully saturated rings. The average Bonchev–Trinajstić information content (AvgIpc) is 3.35. The third-order valence-corrected chi connectivity index (χ3v) is 6.33. The number of aryl methyl sites for hydroxylation is 1. The highest BCUT2D eigenvalue weighted by Gasteiger charge is 2.36. The minimum Gasteiger partial charge on any atom is -0.406 e. The summed E-state index contributed by atoms with van der Waals surface area (Å²) in [4.78, 5) is 24.5. The highest BCUT2D eigenvalue weighted by molar-refractivity contribution is 5.97. The molecule has 8 nitrogen and oxygen atoms in total. The van der Waals surface area contributed by atoms with Gasteiger partial charge in [0.2, 0.25) is 11.8 Å². The zero-order chi connectivity index (χ0) is 24.3. The number of hydrogen-bond donors (Lipinski definition) is 2.